The van der Waals surface area contributed by atoms with Crippen molar-refractivity contribution in [3.63, 3.8) is 0 Å². The molecule has 4 nitrogen and oxygen atoms in total. The first-order valence-electron chi connectivity index (χ1n) is 3.39. The highest BCUT2D eigenvalue weighted by atomic mass is 16.7. The fourth-order valence-electron chi connectivity index (χ4n) is 0.873. The monoisotopic (exact) mass is 149 g/mol. The average Bonchev–Trinajstić information content (AvgIpc) is 1.80. The molecule has 1 unspecified atom stereocenters. The van der Waals surface area contributed by atoms with Gasteiger partial charge in [0.25, 0.3) is 5.97 Å². The van der Waals surface area contributed by atoms with Gasteiger partial charge in [-0.05, 0) is 19.4 Å². The van der Waals surface area contributed by atoms with E-state index >= 15 is 0 Å². The lowest BCUT2D eigenvalue weighted by molar-refractivity contribution is -0.342. The highest BCUT2D eigenvalue weighted by Gasteiger charge is 2.29. The Kier molecular flexibility index (Phi) is 3.81. The van der Waals surface area contributed by atoms with E-state index in [1.165, 1.54) is 0 Å². The summed E-state index contributed by atoms with van der Waals surface area (Å²) < 4.78 is 0. The lowest BCUT2D eigenvalue weighted by Crippen LogP contribution is -2.38. The van der Waals surface area contributed by atoms with Crippen molar-refractivity contribution in [2.75, 3.05) is 6.54 Å². The maximum absolute atomic E-state index is 8.66. The third-order valence-electron chi connectivity index (χ3n) is 1.56. The van der Waals surface area contributed by atoms with Gasteiger partial charge in [-0.25, -0.2) is 0 Å². The first-order chi connectivity index (χ1) is 4.52. The summed E-state index contributed by atoms with van der Waals surface area (Å²) in [5, 5.41) is 26.0. The van der Waals surface area contributed by atoms with E-state index in [1.54, 1.807) is 6.92 Å². The van der Waals surface area contributed by atoms with E-state index in [2.05, 4.69) is 0 Å². The molecule has 0 saturated heterocycles. The predicted molar refractivity (Wildman–Crippen MR) is 36.8 cm³/mol. The predicted octanol–water partition coefficient (Wildman–Crippen LogP) is -1.01. The average molecular weight is 149 g/mol. The van der Waals surface area contributed by atoms with Crippen LogP contribution in [-0.4, -0.2) is 27.8 Å². The second-order valence-corrected chi connectivity index (χ2v) is 2.37. The van der Waals surface area contributed by atoms with Crippen LogP contribution in [0.4, 0.5) is 0 Å². The van der Waals surface area contributed by atoms with Crippen molar-refractivity contribution in [3.05, 3.63) is 0 Å². The number of hydrogen-bond donors (Lipinski definition) is 4. The van der Waals surface area contributed by atoms with Crippen LogP contribution < -0.4 is 5.73 Å². The molecule has 0 radical (unpaired) electrons. The molecule has 1 atom stereocenters. The van der Waals surface area contributed by atoms with Crippen molar-refractivity contribution in [1.29, 1.82) is 0 Å². The molecule has 0 aromatic heterocycles. The van der Waals surface area contributed by atoms with Gasteiger partial charge in [-0.1, -0.05) is 6.92 Å². The molecule has 0 aromatic carbocycles. The molecule has 0 bridgehead atoms. The molecule has 0 saturated carbocycles. The van der Waals surface area contributed by atoms with Gasteiger partial charge in [-0.2, -0.15) is 0 Å². The van der Waals surface area contributed by atoms with Crippen LogP contribution in [0.15, 0.2) is 0 Å². The van der Waals surface area contributed by atoms with Gasteiger partial charge in [0.15, 0.2) is 0 Å². The molecular formula is C6H15NO3. The van der Waals surface area contributed by atoms with Gasteiger partial charge in [0, 0.05) is 5.92 Å². The fourth-order valence-corrected chi connectivity index (χ4v) is 0.873. The van der Waals surface area contributed by atoms with Gasteiger partial charge in [0.1, 0.15) is 0 Å². The molecule has 5 N–H and O–H groups in total. The van der Waals surface area contributed by atoms with Gasteiger partial charge in [-0.3, -0.25) is 0 Å². The summed E-state index contributed by atoms with van der Waals surface area (Å²) in [5.41, 5.74) is 5.17. The second kappa shape index (κ2) is 3.88. The van der Waals surface area contributed by atoms with E-state index in [0.29, 0.717) is 19.4 Å². The van der Waals surface area contributed by atoms with Crippen LogP contribution >= 0.6 is 0 Å². The van der Waals surface area contributed by atoms with E-state index in [9.17, 15) is 0 Å². The van der Waals surface area contributed by atoms with Crippen LogP contribution in [0, 0.1) is 5.92 Å². The fraction of sp³-hybridized carbons (Fsp3) is 1.00. The largest absolute Gasteiger partial charge is 0.343 e. The van der Waals surface area contributed by atoms with Gasteiger partial charge in [0.05, 0.1) is 0 Å². The Morgan fingerprint density at radius 1 is 1.40 bits per heavy atom. The topological polar surface area (TPSA) is 86.7 Å². The molecule has 0 aliphatic heterocycles. The Labute approximate surface area is 60.3 Å². The van der Waals surface area contributed by atoms with Gasteiger partial charge in [-0.15, -0.1) is 0 Å². The standard InChI is InChI=1S/C6H15NO3/c1-2-5(3-4-7)6(8,9)10/h5,8-10H,2-4,7H2,1H3. The summed E-state index contributed by atoms with van der Waals surface area (Å²) in [7, 11) is 0. The van der Waals surface area contributed by atoms with Crippen molar-refractivity contribution in [2.45, 2.75) is 25.7 Å². The van der Waals surface area contributed by atoms with Crippen LogP contribution in [0.1, 0.15) is 19.8 Å². The van der Waals surface area contributed by atoms with Crippen LogP contribution in [-0.2, 0) is 0 Å². The zero-order valence-corrected chi connectivity index (χ0v) is 6.12. The second-order valence-electron chi connectivity index (χ2n) is 2.37. The summed E-state index contributed by atoms with van der Waals surface area (Å²) in [6, 6.07) is 0. The molecule has 0 aliphatic rings. The summed E-state index contributed by atoms with van der Waals surface area (Å²) >= 11 is 0. The molecule has 62 valence electrons. The number of aliphatic hydroxyl groups is 3. The van der Waals surface area contributed by atoms with Crippen molar-refractivity contribution >= 4 is 0 Å². The van der Waals surface area contributed by atoms with Crippen LogP contribution in [0.2, 0.25) is 0 Å². The Morgan fingerprint density at radius 2 is 1.90 bits per heavy atom. The Bertz CT molecular complexity index is 89.5. The van der Waals surface area contributed by atoms with E-state index < -0.39 is 11.9 Å². The Morgan fingerprint density at radius 3 is 2.00 bits per heavy atom. The molecule has 0 spiro atoms. The maximum Gasteiger partial charge on any atom is 0.278 e. The summed E-state index contributed by atoms with van der Waals surface area (Å²) in [6.45, 7) is 2.11. The van der Waals surface area contributed by atoms with Gasteiger partial charge >= 0.3 is 0 Å². The van der Waals surface area contributed by atoms with Crippen molar-refractivity contribution in [2.24, 2.45) is 11.7 Å². The third kappa shape index (κ3) is 3.12. The first kappa shape index (κ1) is 9.84. The van der Waals surface area contributed by atoms with Crippen molar-refractivity contribution in [3.8, 4) is 0 Å². The molecule has 0 rings (SSSR count). The Balaban J connectivity index is 3.81. The molecule has 0 aliphatic carbocycles. The minimum atomic E-state index is -2.56. The maximum atomic E-state index is 8.66. The zero-order chi connectivity index (χ0) is 8.20. The van der Waals surface area contributed by atoms with Crippen molar-refractivity contribution in [1.82, 2.24) is 0 Å². The van der Waals surface area contributed by atoms with Gasteiger partial charge < -0.3 is 21.1 Å². The highest BCUT2D eigenvalue weighted by Crippen LogP contribution is 2.17. The summed E-state index contributed by atoms with van der Waals surface area (Å²) in [5.74, 6) is -3.11. The lowest BCUT2D eigenvalue weighted by atomic mass is 10.00. The van der Waals surface area contributed by atoms with Crippen LogP contribution in [0.5, 0.6) is 0 Å². The number of hydrogen-bond acceptors (Lipinski definition) is 4. The van der Waals surface area contributed by atoms with Crippen molar-refractivity contribution < 1.29 is 15.3 Å². The lowest BCUT2D eigenvalue weighted by Gasteiger charge is -2.23. The molecule has 0 heterocycles. The Hall–Kier alpha value is -0.160. The van der Waals surface area contributed by atoms with E-state index in [0.717, 1.165) is 0 Å². The molecule has 0 aromatic rings. The summed E-state index contributed by atoms with van der Waals surface area (Å²) in [4.78, 5) is 0. The molecule has 0 amide bonds. The minimum Gasteiger partial charge on any atom is -0.343 e. The first-order valence-corrected chi connectivity index (χ1v) is 3.39. The van der Waals surface area contributed by atoms with E-state index in [-0.39, 0.29) is 0 Å². The normalized spacial score (nSPS) is 15.3. The number of rotatable bonds is 4. The number of nitrogens with two attached hydrogens (primary N) is 1. The quantitative estimate of drug-likeness (QED) is 0.386. The minimum absolute atomic E-state index is 0.349. The van der Waals surface area contributed by atoms with E-state index in [1.807, 2.05) is 0 Å². The molecule has 10 heavy (non-hydrogen) atoms. The van der Waals surface area contributed by atoms with Crippen LogP contribution in [0.3, 0.4) is 0 Å². The molecule has 4 heteroatoms. The molecular weight excluding hydrogens is 134 g/mol. The molecule has 0 fully saturated rings. The zero-order valence-electron chi connectivity index (χ0n) is 6.12. The highest BCUT2D eigenvalue weighted by molar-refractivity contribution is 4.63. The van der Waals surface area contributed by atoms with Gasteiger partial charge in [0.2, 0.25) is 0 Å². The van der Waals surface area contributed by atoms with E-state index in [4.69, 9.17) is 21.1 Å². The van der Waals surface area contributed by atoms with Crippen LogP contribution in [0.25, 0.3) is 0 Å². The summed E-state index contributed by atoms with van der Waals surface area (Å²) in [6.07, 6.45) is 0.917. The SMILES string of the molecule is CCC(CCN)C(O)(O)O. The smallest absolute Gasteiger partial charge is 0.278 e. The third-order valence-corrected chi connectivity index (χ3v) is 1.56.